The molecule has 6 rings (SSSR count). The highest BCUT2D eigenvalue weighted by Crippen LogP contribution is 2.61. The van der Waals surface area contributed by atoms with Crippen molar-refractivity contribution in [3.63, 3.8) is 0 Å². The number of hydrogen-bond acceptors (Lipinski definition) is 6. The molecule has 12 heteroatoms. The summed E-state index contributed by atoms with van der Waals surface area (Å²) >= 11 is 0. The lowest BCUT2D eigenvalue weighted by Crippen LogP contribution is -2.51. The maximum absolute atomic E-state index is 14.9. The average molecular weight is 494 g/mol. The van der Waals surface area contributed by atoms with Crippen molar-refractivity contribution in [2.24, 2.45) is 10.4 Å². The zero-order valence-corrected chi connectivity index (χ0v) is 18.1. The topological polar surface area (TPSA) is 80.8 Å². The van der Waals surface area contributed by atoms with Crippen LogP contribution in [0, 0.1) is 17.0 Å². The van der Waals surface area contributed by atoms with Gasteiger partial charge in [-0.15, -0.1) is 0 Å². The zero-order valence-electron chi connectivity index (χ0n) is 18.1. The maximum Gasteiger partial charge on any atom is 0.398 e. The van der Waals surface area contributed by atoms with Crippen molar-refractivity contribution in [1.29, 1.82) is 0 Å². The number of aromatic nitrogens is 2. The zero-order chi connectivity index (χ0) is 24.4. The Morgan fingerprint density at radius 2 is 1.83 bits per heavy atom. The fourth-order valence-corrected chi connectivity index (χ4v) is 4.48. The molecule has 2 N–H and O–H groups in total. The van der Waals surface area contributed by atoms with E-state index in [2.05, 4.69) is 20.3 Å². The number of benzene rings is 1. The molecule has 1 aliphatic carbocycles. The van der Waals surface area contributed by atoms with Gasteiger partial charge in [0.1, 0.15) is 18.0 Å². The van der Waals surface area contributed by atoms with E-state index in [4.69, 9.17) is 14.2 Å². The highest BCUT2D eigenvalue weighted by Gasteiger charge is 2.65. The standard InChI is InChI=1S/C23H19F5N4O3/c24-14-5-12(32-20-31-8-21(11-34-20)9-33-10-21)6-15(25)18(14)35-16-1-4-29-19-17(16)13(7-30-19)22(2-3-22)23(26,27)28/h1,4-7H,2-3,8-11H2,(H,29,30)(H,31,32). The van der Waals surface area contributed by atoms with E-state index in [1.54, 1.807) is 0 Å². The van der Waals surface area contributed by atoms with Crippen LogP contribution in [-0.4, -0.2) is 48.5 Å². The molecule has 2 fully saturated rings. The Morgan fingerprint density at radius 3 is 2.40 bits per heavy atom. The first-order valence-corrected chi connectivity index (χ1v) is 10.9. The fraction of sp³-hybridized carbons (Fsp3) is 0.391. The fourth-order valence-electron chi connectivity index (χ4n) is 4.48. The predicted molar refractivity (Wildman–Crippen MR) is 115 cm³/mol. The molecule has 2 aliphatic heterocycles. The van der Waals surface area contributed by atoms with Crippen molar-refractivity contribution in [1.82, 2.24) is 9.97 Å². The summed E-state index contributed by atoms with van der Waals surface area (Å²) < 4.78 is 87.3. The molecule has 0 bridgehead atoms. The number of aliphatic imine (C=N–C) groups is 1. The molecule has 3 aliphatic rings. The summed E-state index contributed by atoms with van der Waals surface area (Å²) in [5, 5.41) is 2.77. The number of anilines is 1. The van der Waals surface area contributed by atoms with E-state index in [0.29, 0.717) is 26.4 Å². The highest BCUT2D eigenvalue weighted by molar-refractivity contribution is 5.90. The van der Waals surface area contributed by atoms with Crippen molar-refractivity contribution in [2.75, 3.05) is 31.7 Å². The van der Waals surface area contributed by atoms with E-state index in [0.717, 1.165) is 12.1 Å². The molecule has 0 amide bonds. The van der Waals surface area contributed by atoms with Crippen LogP contribution in [0.25, 0.3) is 11.0 Å². The van der Waals surface area contributed by atoms with Crippen molar-refractivity contribution >= 4 is 22.7 Å². The van der Waals surface area contributed by atoms with E-state index in [1.165, 1.54) is 18.5 Å². The highest BCUT2D eigenvalue weighted by atomic mass is 19.4. The minimum Gasteiger partial charge on any atom is -0.464 e. The van der Waals surface area contributed by atoms with Gasteiger partial charge in [-0.1, -0.05) is 0 Å². The third-order valence-corrected chi connectivity index (χ3v) is 6.69. The number of rotatable bonds is 4. The van der Waals surface area contributed by atoms with Crippen molar-refractivity contribution in [2.45, 2.75) is 24.4 Å². The lowest BCUT2D eigenvalue weighted by molar-refractivity contribution is -0.160. The third-order valence-electron chi connectivity index (χ3n) is 6.69. The summed E-state index contributed by atoms with van der Waals surface area (Å²) in [5.41, 5.74) is -2.04. The first kappa shape index (κ1) is 22.1. The second-order valence-corrected chi connectivity index (χ2v) is 9.21. The predicted octanol–water partition coefficient (Wildman–Crippen LogP) is 5.04. The van der Waals surface area contributed by atoms with Gasteiger partial charge in [-0.2, -0.15) is 13.2 Å². The number of ether oxygens (including phenoxy) is 3. The van der Waals surface area contributed by atoms with Gasteiger partial charge in [0.25, 0.3) is 6.02 Å². The molecule has 4 heterocycles. The van der Waals surface area contributed by atoms with E-state index in [9.17, 15) is 22.0 Å². The normalized spacial score (nSPS) is 20.2. The van der Waals surface area contributed by atoms with Crippen LogP contribution >= 0.6 is 0 Å². The molecule has 1 saturated carbocycles. The van der Waals surface area contributed by atoms with E-state index >= 15 is 0 Å². The Hall–Kier alpha value is -3.41. The summed E-state index contributed by atoms with van der Waals surface area (Å²) in [6.45, 7) is 1.95. The smallest absolute Gasteiger partial charge is 0.398 e. The number of pyridine rings is 1. The molecule has 35 heavy (non-hydrogen) atoms. The molecule has 1 saturated heterocycles. The van der Waals surface area contributed by atoms with Crippen molar-refractivity contribution in [3.05, 3.63) is 47.8 Å². The van der Waals surface area contributed by atoms with Gasteiger partial charge in [0.15, 0.2) is 17.4 Å². The van der Waals surface area contributed by atoms with Crippen LogP contribution in [0.3, 0.4) is 0 Å². The molecule has 2 aromatic heterocycles. The lowest BCUT2D eigenvalue weighted by atomic mass is 9.87. The molecule has 3 aromatic rings. The largest absolute Gasteiger partial charge is 0.464 e. The third kappa shape index (κ3) is 3.58. The SMILES string of the molecule is Fc1cc(NC2=NCC3(COC3)CO2)cc(F)c1Oc1ccnc2[nH]cc(C3(C(F)(F)F)CC3)c12. The second kappa shape index (κ2) is 7.54. The monoisotopic (exact) mass is 494 g/mol. The maximum atomic E-state index is 14.9. The van der Waals surface area contributed by atoms with Gasteiger partial charge in [-0.05, 0) is 24.5 Å². The molecule has 0 radical (unpaired) electrons. The van der Waals surface area contributed by atoms with Crippen LogP contribution in [0.1, 0.15) is 18.4 Å². The molecule has 1 aromatic carbocycles. The number of alkyl halides is 3. The number of H-pyrrole nitrogens is 1. The van der Waals surface area contributed by atoms with Gasteiger partial charge in [-0.25, -0.2) is 18.8 Å². The van der Waals surface area contributed by atoms with E-state index < -0.39 is 29.0 Å². The Labute approximate surface area is 195 Å². The van der Waals surface area contributed by atoms with Gasteiger partial charge in [0.05, 0.1) is 36.0 Å². The first-order valence-electron chi connectivity index (χ1n) is 10.9. The number of nitrogens with one attached hydrogen (secondary N) is 2. The molecule has 0 unspecified atom stereocenters. The Kier molecular flexibility index (Phi) is 4.76. The van der Waals surface area contributed by atoms with Crippen LogP contribution in [0.2, 0.25) is 0 Å². The molecular weight excluding hydrogens is 475 g/mol. The molecule has 7 nitrogen and oxygen atoms in total. The van der Waals surface area contributed by atoms with Gasteiger partial charge in [0.2, 0.25) is 0 Å². The number of halogens is 5. The van der Waals surface area contributed by atoms with Crippen LogP contribution in [0.4, 0.5) is 27.6 Å². The van der Waals surface area contributed by atoms with Crippen LogP contribution in [-0.2, 0) is 14.9 Å². The number of aromatic amines is 1. The molecule has 184 valence electrons. The summed E-state index contributed by atoms with van der Waals surface area (Å²) in [4.78, 5) is 11.0. The van der Waals surface area contributed by atoms with Gasteiger partial charge in [0, 0.05) is 30.2 Å². The minimum absolute atomic E-state index is 0.0437. The Balaban J connectivity index is 1.28. The van der Waals surface area contributed by atoms with Crippen LogP contribution < -0.4 is 10.1 Å². The molecule has 0 atom stereocenters. The molecule has 1 spiro atoms. The number of hydrogen-bond donors (Lipinski definition) is 2. The number of fused-ring (bicyclic) bond motifs is 1. The van der Waals surface area contributed by atoms with Crippen LogP contribution in [0.5, 0.6) is 11.5 Å². The van der Waals surface area contributed by atoms with Gasteiger partial charge >= 0.3 is 6.18 Å². The molecular formula is C23H19F5N4O3. The summed E-state index contributed by atoms with van der Waals surface area (Å²) in [7, 11) is 0. The summed E-state index contributed by atoms with van der Waals surface area (Å²) in [5.74, 6) is -2.98. The van der Waals surface area contributed by atoms with E-state index in [-0.39, 0.29) is 52.3 Å². The van der Waals surface area contributed by atoms with Gasteiger partial charge in [-0.3, -0.25) is 0 Å². The number of amidine groups is 1. The quantitative estimate of drug-likeness (QED) is 0.497. The van der Waals surface area contributed by atoms with Crippen LogP contribution in [0.15, 0.2) is 35.6 Å². The summed E-state index contributed by atoms with van der Waals surface area (Å²) in [6, 6.07) is 3.40. The second-order valence-electron chi connectivity index (χ2n) is 9.21. The minimum atomic E-state index is -4.48. The first-order chi connectivity index (χ1) is 16.7. The Morgan fingerprint density at radius 1 is 1.09 bits per heavy atom. The van der Waals surface area contributed by atoms with Crippen molar-refractivity contribution < 1.29 is 36.2 Å². The van der Waals surface area contributed by atoms with Gasteiger partial charge < -0.3 is 24.5 Å². The van der Waals surface area contributed by atoms with E-state index in [1.807, 2.05) is 0 Å². The lowest BCUT2D eigenvalue weighted by Gasteiger charge is -2.41. The summed E-state index contributed by atoms with van der Waals surface area (Å²) in [6.07, 6.45) is -2.12. The van der Waals surface area contributed by atoms with Crippen molar-refractivity contribution in [3.8, 4) is 11.5 Å². The Bertz CT molecular complexity index is 1320. The number of nitrogens with zero attached hydrogens (tertiary/aromatic N) is 2. The average Bonchev–Trinajstić information content (AvgIpc) is 3.49.